The average molecular weight is 581 g/mol. The Labute approximate surface area is 206 Å². The Balaban J connectivity index is 1.48. The molecule has 1 saturated heterocycles. The summed E-state index contributed by atoms with van der Waals surface area (Å²) < 4.78 is 18.1. The van der Waals surface area contributed by atoms with Gasteiger partial charge in [0.1, 0.15) is 17.9 Å². The molecule has 33 heavy (non-hydrogen) atoms. The molecule has 0 radical (unpaired) electrons. The number of hydrogen-bond donors (Lipinski definition) is 0. The number of nitro benzene ring substituents is 1. The number of nitro groups is 1. The van der Waals surface area contributed by atoms with E-state index in [2.05, 4.69) is 31.9 Å². The van der Waals surface area contributed by atoms with Crippen LogP contribution in [0, 0.1) is 10.1 Å². The second kappa shape index (κ2) is 9.64. The van der Waals surface area contributed by atoms with Crippen LogP contribution in [0.4, 0.5) is 5.69 Å². The minimum Gasteiger partial charge on any atom is -0.487 e. The van der Waals surface area contributed by atoms with E-state index in [0.29, 0.717) is 33.1 Å². The Morgan fingerprint density at radius 3 is 2.12 bits per heavy atom. The Kier molecular flexibility index (Phi) is 6.85. The van der Waals surface area contributed by atoms with Gasteiger partial charge in [0.2, 0.25) is 0 Å². The molecule has 1 heterocycles. The third-order valence-corrected chi connectivity index (χ3v) is 6.65. The summed E-state index contributed by atoms with van der Waals surface area (Å²) in [4.78, 5) is 35.4. The summed E-state index contributed by atoms with van der Waals surface area (Å²) in [6, 6.07) is 9.48. The Morgan fingerprint density at radius 1 is 1.00 bits per heavy atom. The van der Waals surface area contributed by atoms with Crippen LogP contribution in [0.3, 0.4) is 0 Å². The minimum atomic E-state index is -1.12. The molecule has 172 valence electrons. The van der Waals surface area contributed by atoms with E-state index in [4.69, 9.17) is 14.2 Å². The van der Waals surface area contributed by atoms with Crippen LogP contribution in [0.15, 0.2) is 50.9 Å². The topological polar surface area (TPSA) is 105 Å². The maximum Gasteiger partial charge on any atom is 0.348 e. The highest BCUT2D eigenvalue weighted by Crippen LogP contribution is 2.39. The molecular formula is C23H19Br2NO7. The number of halogens is 2. The first-order valence-corrected chi connectivity index (χ1v) is 11.9. The van der Waals surface area contributed by atoms with Crippen molar-refractivity contribution in [2.24, 2.45) is 0 Å². The first kappa shape index (κ1) is 23.4. The molecule has 1 aliphatic carbocycles. The van der Waals surface area contributed by atoms with Crippen molar-refractivity contribution in [3.05, 3.63) is 72.2 Å². The molecule has 0 aromatic heterocycles. The van der Waals surface area contributed by atoms with E-state index in [1.165, 1.54) is 18.2 Å². The van der Waals surface area contributed by atoms with Crippen molar-refractivity contribution in [3.8, 4) is 5.75 Å². The summed E-state index contributed by atoms with van der Waals surface area (Å²) in [5.74, 6) is -1.98. The highest BCUT2D eigenvalue weighted by Gasteiger charge is 2.46. The minimum absolute atomic E-state index is 0.00711. The van der Waals surface area contributed by atoms with Crippen molar-refractivity contribution in [2.75, 3.05) is 0 Å². The molecule has 2 aliphatic rings. The highest BCUT2D eigenvalue weighted by atomic mass is 79.9. The van der Waals surface area contributed by atoms with E-state index in [0.717, 1.165) is 24.8 Å². The van der Waals surface area contributed by atoms with Crippen LogP contribution < -0.4 is 4.74 Å². The zero-order valence-electron chi connectivity index (χ0n) is 17.3. The summed E-state index contributed by atoms with van der Waals surface area (Å²) in [5, 5.41) is 10.8. The van der Waals surface area contributed by atoms with Gasteiger partial charge in [0.25, 0.3) is 11.5 Å². The summed E-state index contributed by atoms with van der Waals surface area (Å²) in [5.41, 5.74) is 1.17. The fraction of sp³-hybridized carbons (Fsp3) is 0.304. The number of rotatable bonds is 5. The standard InChI is InChI=1S/C23H19Br2NO7/c24-18-11-15(10-17-21(27)32-23(33-22(17)28)8-2-1-3-9-23)12-19(25)20(18)31-13-14-4-6-16(7-5-14)26(29)30/h4-7,10-12H,1-3,8-9,13H2. The maximum atomic E-state index is 12.6. The van der Waals surface area contributed by atoms with Gasteiger partial charge in [-0.2, -0.15) is 0 Å². The van der Waals surface area contributed by atoms with Crippen LogP contribution in [0.5, 0.6) is 5.75 Å². The van der Waals surface area contributed by atoms with E-state index < -0.39 is 22.6 Å². The Hall–Kier alpha value is -2.72. The van der Waals surface area contributed by atoms with E-state index in [1.807, 2.05) is 0 Å². The number of hydrogen-bond acceptors (Lipinski definition) is 7. The molecule has 0 unspecified atom stereocenters. The van der Waals surface area contributed by atoms with E-state index in [-0.39, 0.29) is 17.9 Å². The van der Waals surface area contributed by atoms with Crippen molar-refractivity contribution in [1.29, 1.82) is 0 Å². The first-order chi connectivity index (χ1) is 15.8. The fourth-order valence-corrected chi connectivity index (χ4v) is 5.25. The molecule has 2 aromatic carbocycles. The van der Waals surface area contributed by atoms with E-state index in [1.54, 1.807) is 24.3 Å². The Bertz CT molecular complexity index is 1090. The van der Waals surface area contributed by atoms with E-state index in [9.17, 15) is 19.7 Å². The lowest BCUT2D eigenvalue weighted by Crippen LogP contribution is -2.47. The van der Waals surface area contributed by atoms with E-state index >= 15 is 0 Å². The average Bonchev–Trinajstić information content (AvgIpc) is 2.76. The lowest BCUT2D eigenvalue weighted by atomic mass is 9.93. The van der Waals surface area contributed by atoms with Crippen molar-refractivity contribution < 1.29 is 28.7 Å². The number of carbonyl (C=O) groups is 2. The highest BCUT2D eigenvalue weighted by molar-refractivity contribution is 9.11. The van der Waals surface area contributed by atoms with Gasteiger partial charge in [0, 0.05) is 25.0 Å². The molecule has 0 amide bonds. The number of esters is 2. The van der Waals surface area contributed by atoms with Crippen molar-refractivity contribution in [3.63, 3.8) is 0 Å². The predicted octanol–water partition coefficient (Wildman–Crippen LogP) is 5.84. The largest absolute Gasteiger partial charge is 0.487 e. The third-order valence-electron chi connectivity index (χ3n) is 5.47. The molecule has 10 heteroatoms. The molecule has 0 atom stereocenters. The number of non-ortho nitro benzene ring substituents is 1. The molecule has 0 bridgehead atoms. The molecule has 1 saturated carbocycles. The SMILES string of the molecule is O=C1OC2(CCCCC2)OC(=O)C1=Cc1cc(Br)c(OCc2ccc([N+](=O)[O-])cc2)c(Br)c1. The second-order valence-corrected chi connectivity index (χ2v) is 9.54. The predicted molar refractivity (Wildman–Crippen MR) is 125 cm³/mol. The second-order valence-electron chi connectivity index (χ2n) is 7.83. The van der Waals surface area contributed by atoms with Crippen molar-refractivity contribution >= 4 is 55.6 Å². The van der Waals surface area contributed by atoms with Crippen LogP contribution in [0.1, 0.15) is 43.2 Å². The molecule has 8 nitrogen and oxygen atoms in total. The van der Waals surface area contributed by atoms with Gasteiger partial charge >= 0.3 is 11.9 Å². The number of nitrogens with zero attached hydrogens (tertiary/aromatic N) is 1. The zero-order valence-corrected chi connectivity index (χ0v) is 20.5. The van der Waals surface area contributed by atoms with Gasteiger partial charge in [-0.05, 0) is 86.2 Å². The van der Waals surface area contributed by atoms with Crippen LogP contribution in [0.2, 0.25) is 0 Å². The molecule has 4 rings (SSSR count). The lowest BCUT2D eigenvalue weighted by Gasteiger charge is -2.38. The van der Waals surface area contributed by atoms with Gasteiger partial charge in [-0.25, -0.2) is 9.59 Å². The van der Waals surface area contributed by atoms with Gasteiger partial charge in [0.05, 0.1) is 13.9 Å². The summed E-state index contributed by atoms with van der Waals surface area (Å²) in [6.45, 7) is 0.191. The molecule has 2 aromatic rings. The lowest BCUT2D eigenvalue weighted by molar-refractivity contribution is -0.384. The summed E-state index contributed by atoms with van der Waals surface area (Å²) >= 11 is 6.90. The summed E-state index contributed by atoms with van der Waals surface area (Å²) in [6.07, 6.45) is 5.20. The fourth-order valence-electron chi connectivity index (χ4n) is 3.80. The smallest absolute Gasteiger partial charge is 0.348 e. The first-order valence-electron chi connectivity index (χ1n) is 10.3. The molecule has 1 aliphatic heterocycles. The quantitative estimate of drug-likeness (QED) is 0.144. The van der Waals surface area contributed by atoms with Crippen LogP contribution in [-0.2, 0) is 25.7 Å². The van der Waals surface area contributed by atoms with Crippen LogP contribution in [0.25, 0.3) is 6.08 Å². The number of carbonyl (C=O) groups excluding carboxylic acids is 2. The molecule has 1 spiro atoms. The molecular weight excluding hydrogens is 562 g/mol. The monoisotopic (exact) mass is 579 g/mol. The van der Waals surface area contributed by atoms with Crippen LogP contribution >= 0.6 is 31.9 Å². The van der Waals surface area contributed by atoms with Gasteiger partial charge in [0.15, 0.2) is 0 Å². The number of ether oxygens (including phenoxy) is 3. The van der Waals surface area contributed by atoms with Gasteiger partial charge in [-0.3, -0.25) is 10.1 Å². The van der Waals surface area contributed by atoms with Crippen molar-refractivity contribution in [2.45, 2.75) is 44.5 Å². The molecule has 2 fully saturated rings. The summed E-state index contributed by atoms with van der Waals surface area (Å²) in [7, 11) is 0. The third kappa shape index (κ3) is 5.27. The number of benzene rings is 2. The maximum absolute atomic E-state index is 12.6. The Morgan fingerprint density at radius 2 is 1.58 bits per heavy atom. The molecule has 0 N–H and O–H groups in total. The van der Waals surface area contributed by atoms with Gasteiger partial charge < -0.3 is 14.2 Å². The van der Waals surface area contributed by atoms with Gasteiger partial charge in [-0.15, -0.1) is 0 Å². The normalized spacial score (nSPS) is 17.3. The van der Waals surface area contributed by atoms with Gasteiger partial charge in [-0.1, -0.05) is 6.42 Å². The van der Waals surface area contributed by atoms with Crippen molar-refractivity contribution in [1.82, 2.24) is 0 Å². The zero-order chi connectivity index (χ0) is 23.6. The van der Waals surface area contributed by atoms with Crippen LogP contribution in [-0.4, -0.2) is 22.6 Å².